The fourth-order valence-corrected chi connectivity index (χ4v) is 5.08. The van der Waals surface area contributed by atoms with Crippen molar-refractivity contribution in [1.29, 1.82) is 0 Å². The number of benzene rings is 2. The van der Waals surface area contributed by atoms with Crippen LogP contribution in [0.3, 0.4) is 0 Å². The van der Waals surface area contributed by atoms with Gasteiger partial charge in [-0.2, -0.15) is 0 Å². The van der Waals surface area contributed by atoms with Crippen LogP contribution in [-0.4, -0.2) is 27.2 Å². The van der Waals surface area contributed by atoms with E-state index in [4.69, 9.17) is 40.4 Å². The maximum absolute atomic E-state index is 13.5. The highest BCUT2D eigenvalue weighted by atomic mass is 79.9. The normalized spacial score (nSPS) is 18.5. The Bertz CT molecular complexity index is 984. The van der Waals surface area contributed by atoms with Crippen molar-refractivity contribution < 1.29 is 4.79 Å². The minimum atomic E-state index is -0.627. The van der Waals surface area contributed by atoms with Gasteiger partial charge in [-0.25, -0.2) is 0 Å². The molecule has 0 aromatic heterocycles. The zero-order chi connectivity index (χ0) is 19.9. The summed E-state index contributed by atoms with van der Waals surface area (Å²) in [6.45, 7) is 0. The van der Waals surface area contributed by atoms with Gasteiger partial charge >= 0.3 is 0 Å². The summed E-state index contributed by atoms with van der Waals surface area (Å²) < 4.78 is 0.922. The summed E-state index contributed by atoms with van der Waals surface area (Å²) >= 11 is 21.7. The molecule has 4 rings (SSSR count). The number of nitrogens with zero attached hydrogens (tertiary/aromatic N) is 2. The first kappa shape index (κ1) is 20.0. The molecule has 1 aliphatic heterocycles. The summed E-state index contributed by atoms with van der Waals surface area (Å²) in [5.41, 5.74) is 1.28. The summed E-state index contributed by atoms with van der Waals surface area (Å²) in [4.78, 5) is 20.6. The number of hydrogen-bond donors (Lipinski definition) is 0. The summed E-state index contributed by atoms with van der Waals surface area (Å²) in [5.74, 6) is -0.122. The monoisotopic (exact) mass is 494 g/mol. The van der Waals surface area contributed by atoms with E-state index in [0.29, 0.717) is 31.9 Å². The molecule has 1 spiro atoms. The molecule has 2 aliphatic rings. The minimum Gasteiger partial charge on any atom is -0.271 e. The fraction of sp³-hybridized carbons (Fsp3) is 0.286. The number of amides is 1. The van der Waals surface area contributed by atoms with E-state index < -0.39 is 5.66 Å². The lowest BCUT2D eigenvalue weighted by molar-refractivity contribution is 0.0648. The number of halogens is 3. The highest BCUT2D eigenvalue weighted by Gasteiger charge is 2.49. The van der Waals surface area contributed by atoms with Gasteiger partial charge in [0.2, 0.25) is 0 Å². The van der Waals surface area contributed by atoms with Gasteiger partial charge in [0, 0.05) is 20.6 Å². The van der Waals surface area contributed by atoms with E-state index in [-0.39, 0.29) is 5.91 Å². The van der Waals surface area contributed by atoms with Gasteiger partial charge in [-0.3, -0.25) is 14.7 Å². The predicted octanol–water partition coefficient (Wildman–Crippen LogP) is 6.69. The van der Waals surface area contributed by atoms with Gasteiger partial charge in [0.15, 0.2) is 0 Å². The summed E-state index contributed by atoms with van der Waals surface area (Å²) in [6.07, 6.45) is 4.76. The lowest BCUT2D eigenvalue weighted by Crippen LogP contribution is -2.50. The Balaban J connectivity index is 1.79. The fourth-order valence-electron chi connectivity index (χ4n) is 3.91. The van der Waals surface area contributed by atoms with E-state index in [0.717, 1.165) is 36.6 Å². The van der Waals surface area contributed by atoms with Crippen molar-refractivity contribution in [2.45, 2.75) is 37.8 Å². The van der Waals surface area contributed by atoms with E-state index in [9.17, 15) is 4.79 Å². The van der Waals surface area contributed by atoms with Crippen molar-refractivity contribution in [2.75, 3.05) is 0 Å². The minimum absolute atomic E-state index is 0.122. The molecule has 144 valence electrons. The molecular weight excluding hydrogens is 479 g/mol. The third kappa shape index (κ3) is 3.54. The average molecular weight is 496 g/mol. The highest BCUT2D eigenvalue weighted by Crippen LogP contribution is 2.41. The first-order valence-corrected chi connectivity index (χ1v) is 11.1. The van der Waals surface area contributed by atoms with Crippen molar-refractivity contribution in [3.05, 3.63) is 68.1 Å². The molecule has 0 N–H and O–H groups in total. The van der Waals surface area contributed by atoms with E-state index in [2.05, 4.69) is 15.9 Å². The maximum atomic E-state index is 13.5. The second kappa shape index (κ2) is 7.86. The molecule has 0 radical (unpaired) electrons. The van der Waals surface area contributed by atoms with Crippen LogP contribution in [0.4, 0.5) is 0 Å². The molecule has 3 nitrogen and oxygen atoms in total. The first-order valence-electron chi connectivity index (χ1n) is 9.11. The number of rotatable bonds is 2. The molecule has 1 fully saturated rings. The summed E-state index contributed by atoms with van der Waals surface area (Å²) in [5, 5.41) is 1.03. The van der Waals surface area contributed by atoms with Crippen LogP contribution in [0.25, 0.3) is 0 Å². The molecule has 0 unspecified atom stereocenters. The van der Waals surface area contributed by atoms with Gasteiger partial charge in [-0.05, 0) is 68.1 Å². The molecule has 0 atom stereocenters. The second-order valence-corrected chi connectivity index (χ2v) is 9.23. The Labute approximate surface area is 187 Å². The first-order chi connectivity index (χ1) is 13.4. The summed E-state index contributed by atoms with van der Waals surface area (Å²) in [6, 6.07) is 12.6. The van der Waals surface area contributed by atoms with Crippen molar-refractivity contribution in [3.63, 3.8) is 0 Å². The third-order valence-corrected chi connectivity index (χ3v) is 6.73. The largest absolute Gasteiger partial charge is 0.271 e. The average Bonchev–Trinajstić information content (AvgIpc) is 2.94. The van der Waals surface area contributed by atoms with Crippen LogP contribution in [0.15, 0.2) is 51.9 Å². The zero-order valence-corrected chi connectivity index (χ0v) is 18.8. The summed E-state index contributed by atoms with van der Waals surface area (Å²) in [7, 11) is 0. The SMILES string of the molecule is O=C(c1ccc(Br)cc1)N1C(=S)C(c2ccc(Cl)cc2Cl)=NC12CCCCC2. The quantitative estimate of drug-likeness (QED) is 0.434. The van der Waals surface area contributed by atoms with Gasteiger partial charge in [-0.1, -0.05) is 57.8 Å². The van der Waals surface area contributed by atoms with Crippen molar-refractivity contribution >= 4 is 68.0 Å². The lowest BCUT2D eigenvalue weighted by atomic mass is 9.88. The number of carbonyl (C=O) groups is 1. The Morgan fingerprint density at radius 3 is 2.39 bits per heavy atom. The van der Waals surface area contributed by atoms with Gasteiger partial charge in [0.25, 0.3) is 5.91 Å². The Morgan fingerprint density at radius 2 is 1.75 bits per heavy atom. The Morgan fingerprint density at radius 1 is 1.07 bits per heavy atom. The van der Waals surface area contributed by atoms with Crippen LogP contribution in [0, 0.1) is 0 Å². The van der Waals surface area contributed by atoms with Gasteiger partial charge in [-0.15, -0.1) is 0 Å². The van der Waals surface area contributed by atoms with Gasteiger partial charge in [0.05, 0.1) is 5.02 Å². The molecule has 1 saturated carbocycles. The van der Waals surface area contributed by atoms with Gasteiger partial charge in [0.1, 0.15) is 16.4 Å². The standard InChI is InChI=1S/C21H17BrCl2N2OS/c22-14-6-4-13(5-7-14)19(27)26-20(28)18(16-9-8-15(23)12-17(16)24)25-21(26)10-2-1-3-11-21/h4-9,12H,1-3,10-11H2. The van der Waals surface area contributed by atoms with E-state index in [1.165, 1.54) is 0 Å². The van der Waals surface area contributed by atoms with Crippen molar-refractivity contribution in [1.82, 2.24) is 4.90 Å². The zero-order valence-electron chi connectivity index (χ0n) is 14.9. The molecule has 2 aromatic rings. The van der Waals surface area contributed by atoms with Gasteiger partial charge < -0.3 is 0 Å². The highest BCUT2D eigenvalue weighted by molar-refractivity contribution is 9.10. The molecule has 1 amide bonds. The second-order valence-electron chi connectivity index (χ2n) is 7.08. The topological polar surface area (TPSA) is 32.7 Å². The van der Waals surface area contributed by atoms with Crippen molar-refractivity contribution in [3.8, 4) is 0 Å². The third-order valence-electron chi connectivity index (χ3n) is 5.28. The molecule has 7 heteroatoms. The van der Waals surface area contributed by atoms with E-state index in [1.54, 1.807) is 29.2 Å². The van der Waals surface area contributed by atoms with Crippen LogP contribution in [-0.2, 0) is 0 Å². The van der Waals surface area contributed by atoms with Crippen LogP contribution >= 0.6 is 51.3 Å². The molecule has 2 aromatic carbocycles. The van der Waals surface area contributed by atoms with E-state index in [1.807, 2.05) is 18.2 Å². The van der Waals surface area contributed by atoms with E-state index >= 15 is 0 Å². The molecule has 0 saturated heterocycles. The van der Waals surface area contributed by atoms with Crippen LogP contribution in [0.1, 0.15) is 48.0 Å². The molecule has 1 heterocycles. The number of carbonyl (C=O) groups excluding carboxylic acids is 1. The number of hydrogen-bond acceptors (Lipinski definition) is 3. The molecule has 0 bridgehead atoms. The molecule has 28 heavy (non-hydrogen) atoms. The predicted molar refractivity (Wildman–Crippen MR) is 122 cm³/mol. The number of thiocarbonyl (C=S) groups is 1. The molecular formula is C21H17BrCl2N2OS. The van der Waals surface area contributed by atoms with Crippen LogP contribution in [0.5, 0.6) is 0 Å². The van der Waals surface area contributed by atoms with Crippen LogP contribution in [0.2, 0.25) is 10.0 Å². The van der Waals surface area contributed by atoms with Crippen molar-refractivity contribution in [2.24, 2.45) is 4.99 Å². The Kier molecular flexibility index (Phi) is 5.62. The smallest absolute Gasteiger partial charge is 0.260 e. The Hall–Kier alpha value is -1.27. The lowest BCUT2D eigenvalue weighted by Gasteiger charge is -2.38. The maximum Gasteiger partial charge on any atom is 0.260 e. The molecule has 1 aliphatic carbocycles. The van der Waals surface area contributed by atoms with Crippen LogP contribution < -0.4 is 0 Å². The number of aliphatic imine (C=N–C) groups is 1.